The number of benzene rings is 1. The molecule has 13 heteroatoms. The summed E-state index contributed by atoms with van der Waals surface area (Å²) in [6.45, 7) is 11.9. The van der Waals surface area contributed by atoms with Crippen molar-refractivity contribution in [2.45, 2.75) is 283 Å². The minimum atomic E-state index is -1.59. The SMILES string of the molecule is CCCCCCCCCCCCCCCCCC(=O)N(CCCCCCCCCCCCCC)[C@@H]1O[C@H](CO)[C@@H](O)[C@H](O)[C@H]1NC(=O)[C@H](CC(C)C)NC(=O)[C@H](CC(C)C)NC(=O)OCc1ccccc1. The molecule has 6 N–H and O–H groups in total. The van der Waals surface area contributed by atoms with Crippen LogP contribution in [0.15, 0.2) is 30.3 Å². The monoisotopic (exact) mass is 1000 g/mol. The van der Waals surface area contributed by atoms with Gasteiger partial charge in [-0.15, -0.1) is 0 Å². The Morgan fingerprint density at radius 1 is 0.592 bits per heavy atom. The third kappa shape index (κ3) is 28.7. The van der Waals surface area contributed by atoms with E-state index in [4.69, 9.17) is 9.47 Å². The van der Waals surface area contributed by atoms with E-state index in [1.807, 2.05) is 58.0 Å². The minimum Gasteiger partial charge on any atom is -0.445 e. The summed E-state index contributed by atoms with van der Waals surface area (Å²) in [7, 11) is 0. The number of aliphatic hydroxyl groups excluding tert-OH is 3. The van der Waals surface area contributed by atoms with Gasteiger partial charge in [-0.05, 0) is 43.1 Å². The Kier molecular flexibility index (Phi) is 36.1. The van der Waals surface area contributed by atoms with Gasteiger partial charge in [0.1, 0.15) is 43.0 Å². The maximum absolute atomic E-state index is 14.4. The lowest BCUT2D eigenvalue weighted by atomic mass is 9.93. The Bertz CT molecular complexity index is 1520. The molecular weight excluding hydrogens is 897 g/mol. The van der Waals surface area contributed by atoms with Gasteiger partial charge in [-0.2, -0.15) is 0 Å². The fraction of sp³-hybridized carbons (Fsp3) is 0.828. The standard InChI is InChI=1S/C58H104N4O9/c1-7-9-11-13-15-17-19-21-22-23-24-26-28-30-35-39-51(64)62(40-36-31-29-27-25-20-18-16-14-12-10-8-2)57-52(54(66)53(65)50(43-63)71-57)61-56(68)48(41-45(3)4)59-55(67)49(42-46(5)6)60-58(69)70-44-47-37-33-32-34-38-47/h32-34,37-38,45-46,48-50,52-54,57,63,65-66H,7-31,35-36,39-44H2,1-6H3,(H,59,67)(H,60,69)(H,61,68)/t48-,49-,50+,52+,53+,54+,57+/m0/s1. The van der Waals surface area contributed by atoms with Crippen LogP contribution in [0.3, 0.4) is 0 Å². The van der Waals surface area contributed by atoms with Gasteiger partial charge in [-0.25, -0.2) is 4.79 Å². The summed E-state index contributed by atoms with van der Waals surface area (Å²) >= 11 is 0. The molecule has 0 radical (unpaired) electrons. The van der Waals surface area contributed by atoms with E-state index in [9.17, 15) is 34.5 Å². The summed E-state index contributed by atoms with van der Waals surface area (Å²) in [5.41, 5.74) is 0.795. The van der Waals surface area contributed by atoms with Crippen LogP contribution in [0.25, 0.3) is 0 Å². The summed E-state index contributed by atoms with van der Waals surface area (Å²) in [6.07, 6.45) is 26.6. The third-order valence-corrected chi connectivity index (χ3v) is 14.0. The van der Waals surface area contributed by atoms with Crippen LogP contribution in [0.1, 0.15) is 240 Å². The smallest absolute Gasteiger partial charge is 0.408 e. The predicted molar refractivity (Wildman–Crippen MR) is 286 cm³/mol. The average Bonchev–Trinajstić information content (AvgIpc) is 3.34. The lowest BCUT2D eigenvalue weighted by Gasteiger charge is -2.47. The topological polar surface area (TPSA) is 187 Å². The number of carbonyl (C=O) groups is 4. The van der Waals surface area contributed by atoms with Crippen LogP contribution >= 0.6 is 0 Å². The Morgan fingerprint density at radius 3 is 1.48 bits per heavy atom. The Balaban J connectivity index is 2.17. The van der Waals surface area contributed by atoms with E-state index in [0.717, 1.165) is 44.1 Å². The lowest BCUT2D eigenvalue weighted by molar-refractivity contribution is -0.231. The number of nitrogens with zero attached hydrogens (tertiary/aromatic N) is 1. The fourth-order valence-corrected chi connectivity index (χ4v) is 9.68. The van der Waals surface area contributed by atoms with Crippen LogP contribution in [0.2, 0.25) is 0 Å². The molecular formula is C58H104N4O9. The molecule has 2 rings (SSSR count). The van der Waals surface area contributed by atoms with Gasteiger partial charge in [0.2, 0.25) is 17.7 Å². The number of alkyl carbamates (subject to hydrolysis) is 1. The maximum atomic E-state index is 14.4. The van der Waals surface area contributed by atoms with Crippen molar-refractivity contribution < 1.29 is 44.0 Å². The van der Waals surface area contributed by atoms with Crippen LogP contribution in [-0.2, 0) is 30.5 Å². The number of unbranched alkanes of at least 4 members (excludes halogenated alkanes) is 25. The Hall–Kier alpha value is -3.26. The molecule has 7 atom stereocenters. The van der Waals surface area contributed by atoms with Crippen molar-refractivity contribution in [3.8, 4) is 0 Å². The van der Waals surface area contributed by atoms with Crippen LogP contribution in [-0.4, -0.2) is 99.9 Å². The van der Waals surface area contributed by atoms with Crippen molar-refractivity contribution in [1.82, 2.24) is 20.9 Å². The minimum absolute atomic E-state index is 0.0109. The van der Waals surface area contributed by atoms with Gasteiger partial charge in [-0.3, -0.25) is 14.4 Å². The molecule has 1 aliphatic rings. The third-order valence-electron chi connectivity index (χ3n) is 14.0. The number of aliphatic hydroxyl groups is 3. The molecule has 0 aromatic heterocycles. The van der Waals surface area contributed by atoms with Crippen molar-refractivity contribution in [1.29, 1.82) is 0 Å². The zero-order valence-corrected chi connectivity index (χ0v) is 45.7. The normalized spacial score (nSPS) is 18.8. The number of carbonyl (C=O) groups excluding carboxylic acids is 4. The van der Waals surface area contributed by atoms with E-state index in [-0.39, 0.29) is 43.6 Å². The largest absolute Gasteiger partial charge is 0.445 e. The van der Waals surface area contributed by atoms with Crippen LogP contribution < -0.4 is 16.0 Å². The molecule has 1 aromatic carbocycles. The molecule has 1 saturated heterocycles. The van der Waals surface area contributed by atoms with Gasteiger partial charge < -0.3 is 45.6 Å². The molecule has 0 bridgehead atoms. The van der Waals surface area contributed by atoms with E-state index in [2.05, 4.69) is 29.8 Å². The summed E-state index contributed by atoms with van der Waals surface area (Å²) in [5.74, 6) is -1.40. The van der Waals surface area contributed by atoms with Crippen molar-refractivity contribution in [3.05, 3.63) is 35.9 Å². The van der Waals surface area contributed by atoms with Crippen molar-refractivity contribution in [2.24, 2.45) is 11.8 Å². The molecule has 0 spiro atoms. The molecule has 13 nitrogen and oxygen atoms in total. The Morgan fingerprint density at radius 2 is 1.03 bits per heavy atom. The second-order valence-corrected chi connectivity index (χ2v) is 21.5. The number of hydrogen-bond donors (Lipinski definition) is 6. The second kappa shape index (κ2) is 40.2. The van der Waals surface area contributed by atoms with Crippen LogP contribution in [0.4, 0.5) is 4.79 Å². The van der Waals surface area contributed by atoms with Gasteiger partial charge in [-0.1, -0.05) is 232 Å². The number of hydrogen-bond acceptors (Lipinski definition) is 9. The molecule has 71 heavy (non-hydrogen) atoms. The summed E-state index contributed by atoms with van der Waals surface area (Å²) in [5, 5.41) is 41.6. The summed E-state index contributed by atoms with van der Waals surface area (Å²) in [4.78, 5) is 57.3. The highest BCUT2D eigenvalue weighted by atomic mass is 16.6. The zero-order chi connectivity index (χ0) is 52.1. The van der Waals surface area contributed by atoms with Crippen LogP contribution in [0.5, 0.6) is 0 Å². The molecule has 1 aromatic rings. The molecule has 1 aliphatic heterocycles. The molecule has 0 unspecified atom stereocenters. The first-order valence-electron chi connectivity index (χ1n) is 28.8. The predicted octanol–water partition coefficient (Wildman–Crippen LogP) is 11.6. The number of amides is 4. The van der Waals surface area contributed by atoms with E-state index in [1.54, 1.807) is 4.90 Å². The van der Waals surface area contributed by atoms with E-state index in [0.29, 0.717) is 19.4 Å². The number of nitrogens with one attached hydrogen (secondary N) is 3. The van der Waals surface area contributed by atoms with Crippen molar-refractivity contribution in [3.63, 3.8) is 0 Å². The number of rotatable bonds is 42. The highest BCUT2D eigenvalue weighted by Crippen LogP contribution is 2.27. The number of ether oxygens (including phenoxy) is 2. The van der Waals surface area contributed by atoms with Gasteiger partial charge in [0.15, 0.2) is 6.23 Å². The van der Waals surface area contributed by atoms with Gasteiger partial charge in [0.05, 0.1) is 6.61 Å². The first-order chi connectivity index (χ1) is 34.3. The van der Waals surface area contributed by atoms with E-state index < -0.39 is 67.2 Å². The quantitative estimate of drug-likeness (QED) is 0.0347. The highest BCUT2D eigenvalue weighted by molar-refractivity contribution is 5.91. The Labute approximate surface area is 431 Å². The van der Waals surface area contributed by atoms with Crippen molar-refractivity contribution in [2.75, 3.05) is 13.2 Å². The van der Waals surface area contributed by atoms with Gasteiger partial charge in [0, 0.05) is 13.0 Å². The molecule has 0 saturated carbocycles. The molecule has 0 aliphatic carbocycles. The van der Waals surface area contributed by atoms with E-state index >= 15 is 0 Å². The first kappa shape index (κ1) is 63.9. The second-order valence-electron chi connectivity index (χ2n) is 21.5. The highest BCUT2D eigenvalue weighted by Gasteiger charge is 2.48. The first-order valence-corrected chi connectivity index (χ1v) is 28.8. The molecule has 4 amide bonds. The maximum Gasteiger partial charge on any atom is 0.408 e. The van der Waals surface area contributed by atoms with E-state index in [1.165, 1.54) is 122 Å². The van der Waals surface area contributed by atoms with Gasteiger partial charge in [0.25, 0.3) is 0 Å². The summed E-state index contributed by atoms with van der Waals surface area (Å²) < 4.78 is 11.7. The van der Waals surface area contributed by atoms with Crippen molar-refractivity contribution >= 4 is 23.8 Å². The zero-order valence-electron chi connectivity index (χ0n) is 45.7. The van der Waals surface area contributed by atoms with Gasteiger partial charge >= 0.3 is 6.09 Å². The lowest BCUT2D eigenvalue weighted by Crippen LogP contribution is -2.70. The fourth-order valence-electron chi connectivity index (χ4n) is 9.68. The average molecular weight is 1000 g/mol. The van der Waals surface area contributed by atoms with Crippen LogP contribution in [0, 0.1) is 11.8 Å². The molecule has 1 fully saturated rings. The molecule has 1 heterocycles. The molecule has 410 valence electrons. The summed E-state index contributed by atoms with van der Waals surface area (Å²) in [6, 6.07) is 5.84.